The van der Waals surface area contributed by atoms with Gasteiger partial charge in [0.2, 0.25) is 5.91 Å². The van der Waals surface area contributed by atoms with E-state index in [9.17, 15) is 4.79 Å². The lowest BCUT2D eigenvalue weighted by molar-refractivity contribution is -0.133. The molecule has 5 nitrogen and oxygen atoms in total. The predicted octanol–water partition coefficient (Wildman–Crippen LogP) is 2.50. The molecule has 0 aromatic carbocycles. The maximum absolute atomic E-state index is 12.6. The molecule has 6 heteroatoms. The Bertz CT molecular complexity index is 659. The van der Waals surface area contributed by atoms with Crippen molar-refractivity contribution < 1.29 is 9.21 Å². The lowest BCUT2D eigenvalue weighted by Gasteiger charge is -2.34. The number of hydrogen-bond acceptors (Lipinski definition) is 5. The Balaban J connectivity index is 1.33. The number of aromatic nitrogens is 1. The Morgan fingerprint density at radius 2 is 2.18 bits per heavy atom. The summed E-state index contributed by atoms with van der Waals surface area (Å²) >= 11 is 1.68. The van der Waals surface area contributed by atoms with Crippen LogP contribution in [0.1, 0.15) is 23.8 Å². The number of anilines is 1. The highest BCUT2D eigenvalue weighted by Crippen LogP contribution is 2.48. The van der Waals surface area contributed by atoms with Crippen molar-refractivity contribution in [2.75, 3.05) is 31.1 Å². The van der Waals surface area contributed by atoms with E-state index < -0.39 is 0 Å². The second-order valence-corrected chi connectivity index (χ2v) is 6.88. The van der Waals surface area contributed by atoms with Crippen LogP contribution in [0.3, 0.4) is 0 Å². The molecule has 1 amide bonds. The van der Waals surface area contributed by atoms with Crippen LogP contribution >= 0.6 is 11.3 Å². The molecule has 2 aromatic rings. The van der Waals surface area contributed by atoms with Gasteiger partial charge in [-0.2, -0.15) is 0 Å². The number of furan rings is 1. The molecule has 3 heterocycles. The molecule has 0 spiro atoms. The fourth-order valence-electron chi connectivity index (χ4n) is 3.12. The molecule has 2 fully saturated rings. The first-order valence-corrected chi connectivity index (χ1v) is 8.59. The Labute approximate surface area is 133 Å². The lowest BCUT2D eigenvalue weighted by atomic mass is 10.2. The van der Waals surface area contributed by atoms with Gasteiger partial charge in [0.25, 0.3) is 0 Å². The highest BCUT2D eigenvalue weighted by Gasteiger charge is 2.47. The molecule has 0 unspecified atom stereocenters. The molecule has 0 radical (unpaired) electrons. The molecule has 116 valence electrons. The number of rotatable bonds is 3. The van der Waals surface area contributed by atoms with Gasteiger partial charge in [0.1, 0.15) is 5.76 Å². The number of carbonyl (C=O) groups excluding carboxylic acids is 1. The van der Waals surface area contributed by atoms with E-state index in [0.717, 1.165) is 49.2 Å². The summed E-state index contributed by atoms with van der Waals surface area (Å²) in [6, 6.07) is 3.87. The Morgan fingerprint density at radius 1 is 1.36 bits per heavy atom. The van der Waals surface area contributed by atoms with Crippen molar-refractivity contribution in [3.8, 4) is 0 Å². The van der Waals surface area contributed by atoms with E-state index in [-0.39, 0.29) is 11.8 Å². The Morgan fingerprint density at radius 3 is 2.82 bits per heavy atom. The van der Waals surface area contributed by atoms with Crippen molar-refractivity contribution in [3.63, 3.8) is 0 Å². The minimum atomic E-state index is 0.125. The average Bonchev–Trinajstić information content (AvgIpc) is 2.95. The zero-order valence-electron chi connectivity index (χ0n) is 12.6. The van der Waals surface area contributed by atoms with E-state index in [1.54, 1.807) is 17.6 Å². The van der Waals surface area contributed by atoms with Gasteiger partial charge in [-0.3, -0.25) is 4.79 Å². The Hall–Kier alpha value is -1.82. The van der Waals surface area contributed by atoms with Crippen LogP contribution in [0.4, 0.5) is 5.13 Å². The predicted molar refractivity (Wildman–Crippen MR) is 85.2 cm³/mol. The zero-order valence-corrected chi connectivity index (χ0v) is 13.4. The van der Waals surface area contributed by atoms with Crippen molar-refractivity contribution >= 4 is 22.4 Å². The van der Waals surface area contributed by atoms with Gasteiger partial charge < -0.3 is 14.2 Å². The summed E-state index contributed by atoms with van der Waals surface area (Å²) in [5.41, 5.74) is 1.07. The normalized spacial score (nSPS) is 24.6. The second kappa shape index (κ2) is 5.43. The number of aryl methyl sites for hydroxylation is 1. The molecule has 2 aliphatic rings. The van der Waals surface area contributed by atoms with Gasteiger partial charge in [0.05, 0.1) is 12.0 Å². The molecule has 0 bridgehead atoms. The van der Waals surface area contributed by atoms with Crippen LogP contribution in [-0.2, 0) is 4.79 Å². The summed E-state index contributed by atoms with van der Waals surface area (Å²) in [6.07, 6.45) is 2.61. The number of thiazole rings is 1. The van der Waals surface area contributed by atoms with E-state index >= 15 is 0 Å². The third-order valence-corrected chi connectivity index (χ3v) is 5.50. The molecule has 4 rings (SSSR count). The van der Waals surface area contributed by atoms with E-state index in [1.165, 1.54) is 0 Å². The van der Waals surface area contributed by atoms with Gasteiger partial charge in [0.15, 0.2) is 5.13 Å². The third kappa shape index (κ3) is 2.52. The average molecular weight is 317 g/mol. The van der Waals surface area contributed by atoms with Crippen LogP contribution < -0.4 is 4.90 Å². The number of hydrogen-bond donors (Lipinski definition) is 0. The molecule has 1 saturated heterocycles. The van der Waals surface area contributed by atoms with Crippen LogP contribution in [0, 0.1) is 12.8 Å². The monoisotopic (exact) mass is 317 g/mol. The number of carbonyl (C=O) groups is 1. The number of piperazine rings is 1. The fraction of sp³-hybridized carbons (Fsp3) is 0.500. The number of amides is 1. The third-order valence-electron chi connectivity index (χ3n) is 4.49. The maximum Gasteiger partial charge on any atom is 0.226 e. The minimum absolute atomic E-state index is 0.125. The summed E-state index contributed by atoms with van der Waals surface area (Å²) in [7, 11) is 0. The van der Waals surface area contributed by atoms with Crippen LogP contribution in [0.5, 0.6) is 0 Å². The van der Waals surface area contributed by atoms with Crippen molar-refractivity contribution in [2.45, 2.75) is 19.3 Å². The van der Waals surface area contributed by atoms with Crippen molar-refractivity contribution in [1.29, 1.82) is 0 Å². The molecule has 1 aliphatic carbocycles. The van der Waals surface area contributed by atoms with E-state index in [2.05, 4.69) is 15.3 Å². The zero-order chi connectivity index (χ0) is 15.1. The minimum Gasteiger partial charge on any atom is -0.469 e. The molecule has 22 heavy (non-hydrogen) atoms. The van der Waals surface area contributed by atoms with Gasteiger partial charge in [0, 0.05) is 43.4 Å². The van der Waals surface area contributed by atoms with E-state index in [0.29, 0.717) is 5.92 Å². The molecular formula is C16H19N3O2S. The highest BCUT2D eigenvalue weighted by atomic mass is 32.1. The van der Waals surface area contributed by atoms with Crippen molar-refractivity contribution in [2.24, 2.45) is 5.92 Å². The molecule has 1 aliphatic heterocycles. The van der Waals surface area contributed by atoms with E-state index in [1.807, 2.05) is 24.0 Å². The quantitative estimate of drug-likeness (QED) is 0.873. The molecule has 0 N–H and O–H groups in total. The molecule has 2 atom stereocenters. The molecule has 1 saturated carbocycles. The summed E-state index contributed by atoms with van der Waals surface area (Å²) in [5.74, 6) is 1.66. The SMILES string of the molecule is Cc1csc(N2CCN(C(=O)[C@H]3C[C@@H]3c3ccco3)CC2)n1. The first-order valence-electron chi connectivity index (χ1n) is 7.71. The fourth-order valence-corrected chi connectivity index (χ4v) is 3.98. The highest BCUT2D eigenvalue weighted by molar-refractivity contribution is 7.13. The molecule has 2 aromatic heterocycles. The van der Waals surface area contributed by atoms with Gasteiger partial charge >= 0.3 is 0 Å². The summed E-state index contributed by atoms with van der Waals surface area (Å²) < 4.78 is 5.42. The van der Waals surface area contributed by atoms with Crippen LogP contribution in [0.25, 0.3) is 0 Å². The van der Waals surface area contributed by atoms with Crippen molar-refractivity contribution in [1.82, 2.24) is 9.88 Å². The summed E-state index contributed by atoms with van der Waals surface area (Å²) in [6.45, 7) is 5.34. The summed E-state index contributed by atoms with van der Waals surface area (Å²) in [5, 5.41) is 3.15. The molecular weight excluding hydrogens is 298 g/mol. The number of nitrogens with zero attached hydrogens (tertiary/aromatic N) is 3. The standard InChI is InChI=1S/C16H19N3O2S/c1-11-10-22-16(17-11)19-6-4-18(5-7-19)15(20)13-9-12(13)14-3-2-8-21-14/h2-3,8,10,12-13H,4-7,9H2,1H3/t12-,13-/m0/s1. The van der Waals surface area contributed by atoms with Crippen molar-refractivity contribution in [3.05, 3.63) is 35.2 Å². The van der Waals surface area contributed by atoms with Gasteiger partial charge in [-0.05, 0) is 25.5 Å². The van der Waals surface area contributed by atoms with E-state index in [4.69, 9.17) is 4.42 Å². The second-order valence-electron chi connectivity index (χ2n) is 6.05. The van der Waals surface area contributed by atoms with Crippen LogP contribution in [0.15, 0.2) is 28.2 Å². The Kier molecular flexibility index (Phi) is 3.41. The van der Waals surface area contributed by atoms with Gasteiger partial charge in [-0.1, -0.05) is 0 Å². The summed E-state index contributed by atoms with van der Waals surface area (Å²) in [4.78, 5) is 21.4. The largest absolute Gasteiger partial charge is 0.469 e. The smallest absolute Gasteiger partial charge is 0.226 e. The van der Waals surface area contributed by atoms with Gasteiger partial charge in [-0.25, -0.2) is 4.98 Å². The lowest BCUT2D eigenvalue weighted by Crippen LogP contribution is -2.49. The van der Waals surface area contributed by atoms with Gasteiger partial charge in [-0.15, -0.1) is 11.3 Å². The topological polar surface area (TPSA) is 49.6 Å². The first kappa shape index (κ1) is 13.8. The van der Waals surface area contributed by atoms with Crippen LogP contribution in [-0.4, -0.2) is 42.0 Å². The van der Waals surface area contributed by atoms with Crippen LogP contribution in [0.2, 0.25) is 0 Å². The first-order chi connectivity index (χ1) is 10.7. The maximum atomic E-state index is 12.6.